The lowest BCUT2D eigenvalue weighted by molar-refractivity contribution is 0.0433. The summed E-state index contributed by atoms with van der Waals surface area (Å²) in [6.07, 6.45) is 5.70. The summed E-state index contributed by atoms with van der Waals surface area (Å²) in [5, 5.41) is 18.6. The Morgan fingerprint density at radius 2 is 2.00 bits per heavy atom. The van der Waals surface area contributed by atoms with Crippen LogP contribution in [-0.4, -0.2) is 29.4 Å². The molecule has 0 heterocycles. The second kappa shape index (κ2) is 6.57. The van der Waals surface area contributed by atoms with Crippen molar-refractivity contribution in [1.82, 2.24) is 0 Å². The van der Waals surface area contributed by atoms with Crippen LogP contribution in [0.15, 0.2) is 18.2 Å². The van der Waals surface area contributed by atoms with Crippen molar-refractivity contribution < 1.29 is 19.7 Å². The summed E-state index contributed by atoms with van der Waals surface area (Å²) < 4.78 is 4.89. The first-order valence-corrected chi connectivity index (χ1v) is 6.83. The number of phenolic OH excluding ortho intramolecular Hbond substituents is 1. The van der Waals surface area contributed by atoms with E-state index in [0.29, 0.717) is 11.5 Å². The number of benzene rings is 1. The lowest BCUT2D eigenvalue weighted by atomic mass is 9.83. The first-order chi connectivity index (χ1) is 9.22. The van der Waals surface area contributed by atoms with Crippen LogP contribution in [0.25, 0.3) is 0 Å². The van der Waals surface area contributed by atoms with Crippen LogP contribution in [0.4, 0.5) is 0 Å². The van der Waals surface area contributed by atoms with Gasteiger partial charge in [-0.2, -0.15) is 0 Å². The van der Waals surface area contributed by atoms with E-state index in [2.05, 4.69) is 0 Å². The minimum absolute atomic E-state index is 0.00152. The summed E-state index contributed by atoms with van der Waals surface area (Å²) in [5.74, 6) is 0.135. The molecule has 0 spiro atoms. The van der Waals surface area contributed by atoms with Crippen LogP contribution < -0.4 is 0 Å². The molecule has 2 rings (SSSR count). The topological polar surface area (TPSA) is 66.8 Å². The van der Waals surface area contributed by atoms with Crippen LogP contribution in [0.5, 0.6) is 5.75 Å². The van der Waals surface area contributed by atoms with E-state index in [1.807, 2.05) is 0 Å². The molecule has 1 aliphatic rings. The fourth-order valence-electron chi connectivity index (χ4n) is 2.64. The van der Waals surface area contributed by atoms with Crippen LogP contribution >= 0.6 is 0 Å². The van der Waals surface area contributed by atoms with Gasteiger partial charge in [-0.1, -0.05) is 19.3 Å². The Bertz CT molecular complexity index is 436. The smallest absolute Gasteiger partial charge is 0.338 e. The molecule has 1 fully saturated rings. The molecular weight excluding hydrogens is 244 g/mol. The van der Waals surface area contributed by atoms with Crippen molar-refractivity contribution >= 4 is 5.97 Å². The number of aromatic hydroxyl groups is 1. The predicted molar refractivity (Wildman–Crippen MR) is 71.3 cm³/mol. The summed E-state index contributed by atoms with van der Waals surface area (Å²) in [4.78, 5) is 11.7. The Kier molecular flexibility index (Phi) is 4.80. The number of ether oxygens (including phenoxy) is 1. The fraction of sp³-hybridized carbons (Fsp3) is 0.533. The molecule has 0 saturated heterocycles. The standard InChI is InChI=1S/C15H20O4/c16-8-9-19-15(18)12-6-7-14(17)13(10-12)11-4-2-1-3-5-11/h6-7,10-11,16-17H,1-5,8-9H2. The predicted octanol–water partition coefficient (Wildman–Crippen LogP) is 2.59. The first kappa shape index (κ1) is 13.9. The van der Waals surface area contributed by atoms with Gasteiger partial charge in [-0.15, -0.1) is 0 Å². The number of rotatable bonds is 4. The molecule has 0 amide bonds. The highest BCUT2D eigenvalue weighted by Gasteiger charge is 2.20. The van der Waals surface area contributed by atoms with Crippen molar-refractivity contribution in [1.29, 1.82) is 0 Å². The zero-order chi connectivity index (χ0) is 13.7. The summed E-state index contributed by atoms with van der Waals surface area (Å²) in [6.45, 7) is -0.183. The van der Waals surface area contributed by atoms with E-state index in [1.54, 1.807) is 18.2 Å². The minimum atomic E-state index is -0.453. The van der Waals surface area contributed by atoms with E-state index >= 15 is 0 Å². The second-order valence-electron chi connectivity index (χ2n) is 4.97. The number of carbonyl (C=O) groups excluding carboxylic acids is 1. The van der Waals surface area contributed by atoms with Crippen molar-refractivity contribution in [3.63, 3.8) is 0 Å². The highest BCUT2D eigenvalue weighted by atomic mass is 16.5. The average molecular weight is 264 g/mol. The van der Waals surface area contributed by atoms with Gasteiger partial charge in [0, 0.05) is 0 Å². The molecule has 0 aromatic heterocycles. The van der Waals surface area contributed by atoms with Crippen molar-refractivity contribution in [3.05, 3.63) is 29.3 Å². The molecule has 1 aliphatic carbocycles. The quantitative estimate of drug-likeness (QED) is 0.820. The Hall–Kier alpha value is -1.55. The zero-order valence-electron chi connectivity index (χ0n) is 11.0. The molecule has 4 nitrogen and oxygen atoms in total. The molecule has 0 aliphatic heterocycles. The third kappa shape index (κ3) is 3.47. The number of phenols is 1. The van der Waals surface area contributed by atoms with Gasteiger partial charge in [-0.05, 0) is 42.5 Å². The third-order valence-corrected chi connectivity index (χ3v) is 3.63. The maximum absolute atomic E-state index is 11.7. The highest BCUT2D eigenvalue weighted by Crippen LogP contribution is 2.37. The lowest BCUT2D eigenvalue weighted by Crippen LogP contribution is -2.10. The van der Waals surface area contributed by atoms with Gasteiger partial charge in [-0.25, -0.2) is 4.79 Å². The van der Waals surface area contributed by atoms with Gasteiger partial charge in [0.15, 0.2) is 0 Å². The Labute approximate surface area is 113 Å². The molecule has 1 aromatic rings. The Balaban J connectivity index is 2.16. The molecular formula is C15H20O4. The molecule has 0 atom stereocenters. The molecule has 1 saturated carbocycles. The van der Waals surface area contributed by atoms with Crippen molar-refractivity contribution in [2.75, 3.05) is 13.2 Å². The molecule has 0 bridgehead atoms. The van der Waals surface area contributed by atoms with Crippen LogP contribution in [0.2, 0.25) is 0 Å². The van der Waals surface area contributed by atoms with Crippen molar-refractivity contribution in [2.24, 2.45) is 0 Å². The molecule has 0 unspecified atom stereocenters. The molecule has 19 heavy (non-hydrogen) atoms. The fourth-order valence-corrected chi connectivity index (χ4v) is 2.64. The molecule has 0 radical (unpaired) electrons. The van der Waals surface area contributed by atoms with Crippen LogP contribution in [0.3, 0.4) is 0 Å². The van der Waals surface area contributed by atoms with Crippen LogP contribution in [0.1, 0.15) is 53.9 Å². The average Bonchev–Trinajstić information content (AvgIpc) is 2.46. The largest absolute Gasteiger partial charge is 0.508 e. The summed E-state index contributed by atoms with van der Waals surface area (Å²) in [6, 6.07) is 4.84. The van der Waals surface area contributed by atoms with Crippen LogP contribution in [0, 0.1) is 0 Å². The van der Waals surface area contributed by atoms with Gasteiger partial charge in [0.05, 0.1) is 12.2 Å². The third-order valence-electron chi connectivity index (χ3n) is 3.63. The number of esters is 1. The summed E-state index contributed by atoms with van der Waals surface area (Å²) in [7, 11) is 0. The highest BCUT2D eigenvalue weighted by molar-refractivity contribution is 5.89. The molecule has 104 valence electrons. The lowest BCUT2D eigenvalue weighted by Gasteiger charge is -2.23. The van der Waals surface area contributed by atoms with Crippen molar-refractivity contribution in [3.8, 4) is 5.75 Å². The van der Waals surface area contributed by atoms with Gasteiger partial charge < -0.3 is 14.9 Å². The van der Waals surface area contributed by atoms with Gasteiger partial charge in [-0.3, -0.25) is 0 Å². The van der Waals surface area contributed by atoms with Gasteiger partial charge in [0.25, 0.3) is 0 Å². The monoisotopic (exact) mass is 264 g/mol. The van der Waals surface area contributed by atoms with Crippen molar-refractivity contribution in [2.45, 2.75) is 38.0 Å². The van der Waals surface area contributed by atoms with E-state index in [9.17, 15) is 9.90 Å². The Morgan fingerprint density at radius 1 is 1.26 bits per heavy atom. The second-order valence-corrected chi connectivity index (χ2v) is 4.97. The maximum atomic E-state index is 11.7. The van der Waals surface area contributed by atoms with Crippen LogP contribution in [-0.2, 0) is 4.74 Å². The van der Waals surface area contributed by atoms with Gasteiger partial charge in [0.1, 0.15) is 12.4 Å². The number of hydrogen-bond acceptors (Lipinski definition) is 4. The zero-order valence-corrected chi connectivity index (χ0v) is 11.0. The first-order valence-electron chi connectivity index (χ1n) is 6.83. The van der Waals surface area contributed by atoms with E-state index in [-0.39, 0.29) is 19.0 Å². The van der Waals surface area contributed by atoms with E-state index in [0.717, 1.165) is 18.4 Å². The number of hydrogen-bond donors (Lipinski definition) is 2. The minimum Gasteiger partial charge on any atom is -0.508 e. The summed E-state index contributed by atoms with van der Waals surface area (Å²) in [5.41, 5.74) is 1.28. The molecule has 4 heteroatoms. The maximum Gasteiger partial charge on any atom is 0.338 e. The summed E-state index contributed by atoms with van der Waals surface area (Å²) >= 11 is 0. The number of aliphatic hydroxyl groups is 1. The van der Waals surface area contributed by atoms with E-state index < -0.39 is 5.97 Å². The van der Waals surface area contributed by atoms with E-state index in [1.165, 1.54) is 19.3 Å². The Morgan fingerprint density at radius 3 is 2.68 bits per heavy atom. The van der Waals surface area contributed by atoms with E-state index in [4.69, 9.17) is 9.84 Å². The number of carbonyl (C=O) groups is 1. The van der Waals surface area contributed by atoms with Gasteiger partial charge >= 0.3 is 5.97 Å². The number of aliphatic hydroxyl groups excluding tert-OH is 1. The van der Waals surface area contributed by atoms with Gasteiger partial charge in [0.2, 0.25) is 0 Å². The SMILES string of the molecule is O=C(OCCO)c1ccc(O)c(C2CCCCC2)c1. The normalized spacial score (nSPS) is 16.3. The molecule has 1 aromatic carbocycles. The molecule has 2 N–H and O–H groups in total.